The molecule has 0 heterocycles. The minimum absolute atomic E-state index is 0.0473. The lowest BCUT2D eigenvalue weighted by Gasteiger charge is -2.17. The zero-order valence-corrected chi connectivity index (χ0v) is 19.0. The predicted octanol–water partition coefficient (Wildman–Crippen LogP) is 3.79. The summed E-state index contributed by atoms with van der Waals surface area (Å²) in [5.41, 5.74) is 0.835. The number of methoxy groups -OCH3 is 1. The highest BCUT2D eigenvalue weighted by Crippen LogP contribution is 2.26. The molecule has 0 aliphatic rings. The van der Waals surface area contributed by atoms with E-state index >= 15 is 0 Å². The van der Waals surface area contributed by atoms with Crippen molar-refractivity contribution in [1.29, 1.82) is 0 Å². The van der Waals surface area contributed by atoms with Crippen LogP contribution in [0.3, 0.4) is 0 Å². The van der Waals surface area contributed by atoms with Crippen LogP contribution in [0.15, 0.2) is 77.7 Å². The van der Waals surface area contributed by atoms with Crippen LogP contribution in [0, 0.1) is 5.82 Å². The molecule has 3 aromatic carbocycles. The Kier molecular flexibility index (Phi) is 7.67. The summed E-state index contributed by atoms with van der Waals surface area (Å²) in [7, 11) is -2.86. The highest BCUT2D eigenvalue weighted by Gasteiger charge is 2.24. The molecule has 0 unspecified atom stereocenters. The monoisotopic (exact) mass is 490 g/mol. The Labute approximate surface area is 195 Å². The Balaban J connectivity index is 1.81. The van der Waals surface area contributed by atoms with Gasteiger partial charge in [0.2, 0.25) is 0 Å². The third-order valence-electron chi connectivity index (χ3n) is 4.67. The summed E-state index contributed by atoms with van der Waals surface area (Å²) < 4.78 is 45.4. The molecule has 0 aliphatic heterocycles. The van der Waals surface area contributed by atoms with E-state index < -0.39 is 33.8 Å². The Morgan fingerprint density at radius 3 is 2.33 bits per heavy atom. The average Bonchev–Trinajstić information content (AvgIpc) is 2.80. The van der Waals surface area contributed by atoms with Crippen molar-refractivity contribution in [2.45, 2.75) is 17.4 Å². The molecule has 0 aromatic heterocycles. The molecule has 0 saturated heterocycles. The maximum atomic E-state index is 13.1. The largest absolute Gasteiger partial charge is 0.467 e. The maximum absolute atomic E-state index is 13.1. The molecule has 0 bridgehead atoms. The van der Waals surface area contributed by atoms with Crippen molar-refractivity contribution in [2.75, 3.05) is 11.8 Å². The SMILES string of the molecule is COC(=O)[C@H](Cc1ccccc1)NC(=O)c1ccc(Cl)c(NS(=O)(=O)c2ccc(F)cc2)c1. The summed E-state index contributed by atoms with van der Waals surface area (Å²) in [4.78, 5) is 24.8. The van der Waals surface area contributed by atoms with Crippen LogP contribution < -0.4 is 10.0 Å². The first-order chi connectivity index (χ1) is 15.7. The fraction of sp³-hybridized carbons (Fsp3) is 0.130. The topological polar surface area (TPSA) is 102 Å². The first-order valence-corrected chi connectivity index (χ1v) is 11.6. The number of carbonyl (C=O) groups excluding carboxylic acids is 2. The summed E-state index contributed by atoms with van der Waals surface area (Å²) in [5.74, 6) is -1.83. The molecule has 1 amide bonds. The van der Waals surface area contributed by atoms with E-state index in [4.69, 9.17) is 16.3 Å². The maximum Gasteiger partial charge on any atom is 0.328 e. The Morgan fingerprint density at radius 2 is 1.70 bits per heavy atom. The van der Waals surface area contributed by atoms with Crippen molar-refractivity contribution >= 4 is 39.2 Å². The van der Waals surface area contributed by atoms with Gasteiger partial charge in [0.1, 0.15) is 11.9 Å². The summed E-state index contributed by atoms with van der Waals surface area (Å²) in [6, 6.07) is 16.3. The van der Waals surface area contributed by atoms with Gasteiger partial charge in [0.15, 0.2) is 0 Å². The van der Waals surface area contributed by atoms with Gasteiger partial charge in [0.05, 0.1) is 22.7 Å². The Hall–Kier alpha value is -3.43. The number of hydrogen-bond acceptors (Lipinski definition) is 5. The zero-order chi connectivity index (χ0) is 24.0. The minimum Gasteiger partial charge on any atom is -0.467 e. The van der Waals surface area contributed by atoms with Crippen molar-refractivity contribution < 1.29 is 27.1 Å². The van der Waals surface area contributed by atoms with E-state index in [1.807, 2.05) is 30.3 Å². The molecular weight excluding hydrogens is 471 g/mol. The standard InChI is InChI=1S/C23H20ClFN2O5S/c1-32-23(29)21(13-15-5-3-2-4-6-15)26-22(28)16-7-12-19(24)20(14-16)27-33(30,31)18-10-8-17(25)9-11-18/h2-12,14,21,27H,13H2,1H3,(H,26,28)/t21-/m0/s1. The highest BCUT2D eigenvalue weighted by molar-refractivity contribution is 7.92. The van der Waals surface area contributed by atoms with Gasteiger partial charge < -0.3 is 10.1 Å². The van der Waals surface area contributed by atoms with Crippen LogP contribution in [-0.4, -0.2) is 33.4 Å². The molecule has 0 radical (unpaired) electrons. The van der Waals surface area contributed by atoms with E-state index in [2.05, 4.69) is 10.0 Å². The van der Waals surface area contributed by atoms with Gasteiger partial charge in [-0.3, -0.25) is 9.52 Å². The molecule has 0 fully saturated rings. The Bertz CT molecular complexity index is 1250. The van der Waals surface area contributed by atoms with Crippen LogP contribution in [0.25, 0.3) is 0 Å². The van der Waals surface area contributed by atoms with Crippen molar-refractivity contribution in [1.82, 2.24) is 5.32 Å². The van der Waals surface area contributed by atoms with E-state index in [0.29, 0.717) is 0 Å². The molecule has 7 nitrogen and oxygen atoms in total. The molecule has 0 spiro atoms. The number of rotatable bonds is 8. The minimum atomic E-state index is -4.08. The molecule has 10 heteroatoms. The van der Waals surface area contributed by atoms with Gasteiger partial charge in [-0.25, -0.2) is 17.6 Å². The highest BCUT2D eigenvalue weighted by atomic mass is 35.5. The van der Waals surface area contributed by atoms with Crippen LogP contribution in [0.4, 0.5) is 10.1 Å². The summed E-state index contributed by atoms with van der Waals surface area (Å²) >= 11 is 6.11. The van der Waals surface area contributed by atoms with Crippen molar-refractivity contribution in [3.05, 3.63) is 94.8 Å². The smallest absolute Gasteiger partial charge is 0.328 e. The molecule has 172 valence electrons. The van der Waals surface area contributed by atoms with E-state index in [9.17, 15) is 22.4 Å². The fourth-order valence-corrected chi connectivity index (χ4v) is 4.28. The van der Waals surface area contributed by atoms with E-state index in [0.717, 1.165) is 29.8 Å². The predicted molar refractivity (Wildman–Crippen MR) is 122 cm³/mol. The van der Waals surface area contributed by atoms with Gasteiger partial charge >= 0.3 is 5.97 Å². The molecule has 33 heavy (non-hydrogen) atoms. The number of anilines is 1. The Morgan fingerprint density at radius 1 is 1.03 bits per heavy atom. The first-order valence-electron chi connectivity index (χ1n) is 9.70. The van der Waals surface area contributed by atoms with Crippen molar-refractivity contribution in [2.24, 2.45) is 0 Å². The quantitative estimate of drug-likeness (QED) is 0.468. The van der Waals surface area contributed by atoms with Gasteiger partial charge in [0, 0.05) is 12.0 Å². The number of nitrogens with one attached hydrogen (secondary N) is 2. The second-order valence-corrected chi connectivity index (χ2v) is 9.08. The number of benzene rings is 3. The van der Waals surface area contributed by atoms with E-state index in [1.54, 1.807) is 0 Å². The summed E-state index contributed by atoms with van der Waals surface area (Å²) in [6.45, 7) is 0. The lowest BCUT2D eigenvalue weighted by molar-refractivity contribution is -0.142. The number of halogens is 2. The zero-order valence-electron chi connectivity index (χ0n) is 17.4. The second kappa shape index (κ2) is 10.5. The van der Waals surface area contributed by atoms with Crippen LogP contribution in [0.5, 0.6) is 0 Å². The third kappa shape index (κ3) is 6.30. The lowest BCUT2D eigenvalue weighted by Crippen LogP contribution is -2.43. The molecule has 1 atom stereocenters. The number of hydrogen-bond donors (Lipinski definition) is 2. The van der Waals surface area contributed by atoms with Crippen LogP contribution in [0.1, 0.15) is 15.9 Å². The number of carbonyl (C=O) groups is 2. The third-order valence-corrected chi connectivity index (χ3v) is 6.38. The molecule has 0 saturated carbocycles. The number of esters is 1. The van der Waals surface area contributed by atoms with Gasteiger partial charge in [-0.1, -0.05) is 41.9 Å². The molecule has 3 aromatic rings. The lowest BCUT2D eigenvalue weighted by atomic mass is 10.1. The summed E-state index contributed by atoms with van der Waals surface area (Å²) in [6.07, 6.45) is 0.205. The molecule has 3 rings (SSSR count). The van der Waals surface area contributed by atoms with Crippen LogP contribution in [0.2, 0.25) is 5.02 Å². The van der Waals surface area contributed by atoms with Gasteiger partial charge in [-0.15, -0.1) is 0 Å². The molecule has 0 aliphatic carbocycles. The average molecular weight is 491 g/mol. The molecular formula is C23H20ClFN2O5S. The fourth-order valence-electron chi connectivity index (χ4n) is 2.99. The van der Waals surface area contributed by atoms with Gasteiger partial charge in [-0.05, 0) is 48.0 Å². The van der Waals surface area contributed by atoms with Crippen LogP contribution >= 0.6 is 11.6 Å². The number of ether oxygens (including phenoxy) is 1. The summed E-state index contributed by atoms with van der Waals surface area (Å²) in [5, 5.41) is 2.65. The van der Waals surface area contributed by atoms with Crippen LogP contribution in [-0.2, 0) is 26.0 Å². The van der Waals surface area contributed by atoms with E-state index in [-0.39, 0.29) is 27.6 Å². The number of amides is 1. The second-order valence-electron chi connectivity index (χ2n) is 6.99. The van der Waals surface area contributed by atoms with E-state index in [1.165, 1.54) is 25.3 Å². The van der Waals surface area contributed by atoms with Crippen molar-refractivity contribution in [3.8, 4) is 0 Å². The number of sulfonamides is 1. The molecule has 2 N–H and O–H groups in total. The van der Waals surface area contributed by atoms with Crippen molar-refractivity contribution in [3.63, 3.8) is 0 Å². The van der Waals surface area contributed by atoms with Gasteiger partial charge in [0.25, 0.3) is 15.9 Å². The van der Waals surface area contributed by atoms with Gasteiger partial charge in [-0.2, -0.15) is 0 Å². The first kappa shape index (κ1) is 24.2. The normalized spacial score (nSPS) is 12.0.